The van der Waals surface area contributed by atoms with E-state index in [0.717, 1.165) is 34.1 Å². The van der Waals surface area contributed by atoms with Gasteiger partial charge in [0.15, 0.2) is 5.13 Å². The second kappa shape index (κ2) is 13.9. The highest BCUT2D eigenvalue weighted by Crippen LogP contribution is 2.34. The first-order valence-corrected chi connectivity index (χ1v) is 14.4. The van der Waals surface area contributed by atoms with Crippen LogP contribution in [0.15, 0.2) is 78.2 Å². The lowest BCUT2D eigenvalue weighted by Crippen LogP contribution is -2.26. The second-order valence-corrected chi connectivity index (χ2v) is 10.6. The first kappa shape index (κ1) is 28.3. The van der Waals surface area contributed by atoms with Gasteiger partial charge in [0.2, 0.25) is 0 Å². The number of carbonyl (C=O) groups excluding carboxylic acids is 1. The smallest absolute Gasteiger partial charge is 0.305 e. The van der Waals surface area contributed by atoms with Gasteiger partial charge in [-0.05, 0) is 60.4 Å². The summed E-state index contributed by atoms with van der Waals surface area (Å²) in [6.07, 6.45) is 4.67. The van der Waals surface area contributed by atoms with Crippen LogP contribution in [-0.2, 0) is 17.8 Å². The normalized spacial score (nSPS) is 10.8. The van der Waals surface area contributed by atoms with Crippen molar-refractivity contribution in [3.63, 3.8) is 0 Å². The number of nitrogens with zero attached hydrogens (tertiary/aromatic N) is 2. The summed E-state index contributed by atoms with van der Waals surface area (Å²) in [6.45, 7) is 2.86. The molecule has 0 aliphatic heterocycles. The van der Waals surface area contributed by atoms with Crippen molar-refractivity contribution in [1.29, 1.82) is 0 Å². The van der Waals surface area contributed by atoms with Crippen molar-refractivity contribution in [3.05, 3.63) is 99.9 Å². The zero-order valence-corrected chi connectivity index (χ0v) is 23.5. The number of thiazole rings is 1. The number of carboxylic acids is 1. The van der Waals surface area contributed by atoms with Crippen LogP contribution in [0, 0.1) is 0 Å². The number of nitrogens with one attached hydrogen (secondary N) is 1. The van der Waals surface area contributed by atoms with E-state index in [-0.39, 0.29) is 18.9 Å². The Morgan fingerprint density at radius 2 is 1.64 bits per heavy atom. The van der Waals surface area contributed by atoms with Crippen LogP contribution in [0.5, 0.6) is 0 Å². The van der Waals surface area contributed by atoms with Crippen LogP contribution in [0.3, 0.4) is 0 Å². The van der Waals surface area contributed by atoms with Crippen LogP contribution >= 0.6 is 22.9 Å². The molecule has 0 aliphatic carbocycles. The summed E-state index contributed by atoms with van der Waals surface area (Å²) < 4.78 is 0. The fraction of sp³-hybridized carbons (Fsp3) is 0.258. The number of unbranched alkanes of at least 4 members (excludes halogenated alkanes) is 2. The Morgan fingerprint density at radius 3 is 2.31 bits per heavy atom. The summed E-state index contributed by atoms with van der Waals surface area (Å²) in [6, 6.07) is 23.7. The van der Waals surface area contributed by atoms with Gasteiger partial charge in [-0.1, -0.05) is 67.8 Å². The van der Waals surface area contributed by atoms with Crippen molar-refractivity contribution in [2.75, 3.05) is 11.4 Å². The lowest BCUT2D eigenvalue weighted by Gasteiger charge is -2.22. The number of carboxylic acid groups (broad SMARTS) is 1. The van der Waals surface area contributed by atoms with Gasteiger partial charge in [-0.3, -0.25) is 9.59 Å². The average molecular weight is 562 g/mol. The molecule has 0 bridgehead atoms. The molecular weight excluding hydrogens is 530 g/mol. The Hall–Kier alpha value is -3.68. The first-order chi connectivity index (χ1) is 18.9. The molecule has 39 heavy (non-hydrogen) atoms. The maximum atomic E-state index is 12.3. The third kappa shape index (κ3) is 8.15. The van der Waals surface area contributed by atoms with Crippen molar-refractivity contribution in [2.45, 2.75) is 45.6 Å². The van der Waals surface area contributed by atoms with Crippen LogP contribution < -0.4 is 10.2 Å². The van der Waals surface area contributed by atoms with Crippen LogP contribution in [0.4, 0.5) is 10.8 Å². The Morgan fingerprint density at radius 1 is 0.949 bits per heavy atom. The highest BCUT2D eigenvalue weighted by atomic mass is 35.5. The number of rotatable bonds is 13. The topological polar surface area (TPSA) is 82.5 Å². The minimum absolute atomic E-state index is 0.0915. The molecule has 3 aromatic carbocycles. The van der Waals surface area contributed by atoms with E-state index in [2.05, 4.69) is 46.8 Å². The number of halogens is 1. The molecular formula is C31H32ClN3O3S. The number of anilines is 2. The van der Waals surface area contributed by atoms with Crippen molar-refractivity contribution < 1.29 is 14.7 Å². The van der Waals surface area contributed by atoms with E-state index < -0.39 is 5.97 Å². The number of amides is 1. The minimum Gasteiger partial charge on any atom is -0.481 e. The van der Waals surface area contributed by atoms with E-state index in [1.807, 2.05) is 36.4 Å². The Kier molecular flexibility index (Phi) is 10.1. The number of carbonyl (C=O) groups is 2. The maximum absolute atomic E-state index is 12.3. The molecule has 6 nitrogen and oxygen atoms in total. The summed E-state index contributed by atoms with van der Waals surface area (Å²) in [5, 5.41) is 15.0. The fourth-order valence-corrected chi connectivity index (χ4v) is 5.14. The van der Waals surface area contributed by atoms with Gasteiger partial charge in [0.25, 0.3) is 5.91 Å². The molecule has 0 radical (unpaired) electrons. The standard InChI is InChI=1S/C31H32ClN3O3S/c1-2-3-4-5-22-6-10-24(11-7-22)28-21-39-31(34-28)35(27-16-14-26(32)15-17-27)20-23-8-12-25(13-9-23)30(38)33-19-18-29(36)37/h6-17,21H,2-5,18-20H2,1H3,(H,33,38)(H,36,37). The monoisotopic (exact) mass is 561 g/mol. The molecule has 8 heteroatoms. The van der Waals surface area contributed by atoms with Gasteiger partial charge < -0.3 is 15.3 Å². The zero-order valence-electron chi connectivity index (χ0n) is 21.9. The molecule has 2 N–H and O–H groups in total. The Labute approximate surface area is 238 Å². The van der Waals surface area contributed by atoms with Gasteiger partial charge in [-0.25, -0.2) is 4.98 Å². The number of aromatic nitrogens is 1. The maximum Gasteiger partial charge on any atom is 0.305 e. The quantitative estimate of drug-likeness (QED) is 0.163. The van der Waals surface area contributed by atoms with Gasteiger partial charge in [-0.15, -0.1) is 11.3 Å². The van der Waals surface area contributed by atoms with Crippen molar-refractivity contribution in [1.82, 2.24) is 10.3 Å². The van der Waals surface area contributed by atoms with Crippen molar-refractivity contribution >= 4 is 45.6 Å². The SMILES string of the molecule is CCCCCc1ccc(-c2csc(N(Cc3ccc(C(=O)NCCC(=O)O)cc3)c3ccc(Cl)cc3)n2)cc1. The number of hydrogen-bond acceptors (Lipinski definition) is 5. The molecule has 0 fully saturated rings. The second-order valence-electron chi connectivity index (χ2n) is 9.33. The van der Waals surface area contributed by atoms with Crippen LogP contribution in [0.25, 0.3) is 11.3 Å². The van der Waals surface area contributed by atoms with Crippen LogP contribution in [0.2, 0.25) is 5.02 Å². The van der Waals surface area contributed by atoms with Crippen LogP contribution in [-0.4, -0.2) is 28.5 Å². The molecule has 0 saturated carbocycles. The van der Waals surface area contributed by atoms with Gasteiger partial charge in [-0.2, -0.15) is 0 Å². The lowest BCUT2D eigenvalue weighted by atomic mass is 10.0. The van der Waals surface area contributed by atoms with E-state index in [1.165, 1.54) is 24.8 Å². The van der Waals surface area contributed by atoms with E-state index in [4.69, 9.17) is 21.7 Å². The molecule has 1 heterocycles. The molecule has 1 amide bonds. The molecule has 4 rings (SSSR count). The number of hydrogen-bond donors (Lipinski definition) is 2. The average Bonchev–Trinajstić information content (AvgIpc) is 3.43. The minimum atomic E-state index is -0.947. The van der Waals surface area contributed by atoms with Crippen molar-refractivity contribution in [3.8, 4) is 11.3 Å². The van der Waals surface area contributed by atoms with Gasteiger partial charge in [0.05, 0.1) is 18.7 Å². The molecule has 202 valence electrons. The highest BCUT2D eigenvalue weighted by molar-refractivity contribution is 7.14. The number of aliphatic carboxylic acids is 1. The number of benzene rings is 3. The fourth-order valence-electron chi connectivity index (χ4n) is 4.16. The van der Waals surface area contributed by atoms with E-state index in [0.29, 0.717) is 17.1 Å². The molecule has 0 aliphatic rings. The van der Waals surface area contributed by atoms with Gasteiger partial charge in [0.1, 0.15) is 0 Å². The summed E-state index contributed by atoms with van der Waals surface area (Å²) in [5.74, 6) is -1.24. The van der Waals surface area contributed by atoms with Gasteiger partial charge in [0, 0.05) is 33.8 Å². The molecule has 1 aromatic heterocycles. The third-order valence-electron chi connectivity index (χ3n) is 6.36. The van der Waals surface area contributed by atoms with Crippen molar-refractivity contribution in [2.24, 2.45) is 0 Å². The molecule has 0 saturated heterocycles. The predicted molar refractivity (Wildman–Crippen MR) is 159 cm³/mol. The van der Waals surface area contributed by atoms with E-state index in [1.54, 1.807) is 23.5 Å². The summed E-state index contributed by atoms with van der Waals surface area (Å²) in [4.78, 5) is 30.1. The largest absolute Gasteiger partial charge is 0.481 e. The summed E-state index contributed by atoms with van der Waals surface area (Å²) in [5.41, 5.74) is 5.82. The third-order valence-corrected chi connectivity index (χ3v) is 7.48. The predicted octanol–water partition coefficient (Wildman–Crippen LogP) is 7.74. The van der Waals surface area contributed by atoms with E-state index in [9.17, 15) is 9.59 Å². The van der Waals surface area contributed by atoms with Gasteiger partial charge >= 0.3 is 5.97 Å². The first-order valence-electron chi connectivity index (χ1n) is 13.1. The summed E-state index contributed by atoms with van der Waals surface area (Å²) in [7, 11) is 0. The number of aryl methyl sites for hydroxylation is 1. The van der Waals surface area contributed by atoms with E-state index >= 15 is 0 Å². The molecule has 0 atom stereocenters. The molecule has 4 aromatic rings. The lowest BCUT2D eigenvalue weighted by molar-refractivity contribution is -0.136. The molecule has 0 unspecified atom stereocenters. The molecule has 0 spiro atoms. The Balaban J connectivity index is 1.51. The summed E-state index contributed by atoms with van der Waals surface area (Å²) >= 11 is 7.74. The Bertz CT molecular complexity index is 1370. The van der Waals surface area contributed by atoms with Crippen LogP contribution in [0.1, 0.15) is 54.1 Å². The highest BCUT2D eigenvalue weighted by Gasteiger charge is 2.16. The zero-order chi connectivity index (χ0) is 27.6.